The van der Waals surface area contributed by atoms with Crippen molar-refractivity contribution in [2.45, 2.75) is 45.6 Å². The van der Waals surface area contributed by atoms with Gasteiger partial charge in [-0.15, -0.1) is 0 Å². The van der Waals surface area contributed by atoms with E-state index in [0.717, 1.165) is 12.8 Å². The fourth-order valence-corrected chi connectivity index (χ4v) is 2.18. The highest BCUT2D eigenvalue weighted by molar-refractivity contribution is 5.84. The molecule has 2 rings (SSSR count). The second-order valence-corrected chi connectivity index (χ2v) is 6.77. The molecule has 0 aliphatic heterocycles. The highest BCUT2D eigenvalue weighted by Crippen LogP contribution is 2.48. The molecule has 0 bridgehead atoms. The van der Waals surface area contributed by atoms with Gasteiger partial charge in [0.15, 0.2) is 0 Å². The number of halogens is 1. The van der Waals surface area contributed by atoms with Crippen LogP contribution in [0.4, 0.5) is 14.9 Å². The number of aliphatic hydroxyl groups is 1. The highest BCUT2D eigenvalue weighted by Gasteiger charge is 2.42. The third-order valence-electron chi connectivity index (χ3n) is 3.55. The molecular formula is C16H22FNO3. The largest absolute Gasteiger partial charge is 0.444 e. The summed E-state index contributed by atoms with van der Waals surface area (Å²) in [5, 5.41) is 11.9. The molecule has 2 N–H and O–H groups in total. The van der Waals surface area contributed by atoms with Crippen molar-refractivity contribution in [1.82, 2.24) is 0 Å². The summed E-state index contributed by atoms with van der Waals surface area (Å²) in [6.07, 6.45) is 1.74. The Balaban J connectivity index is 2.06. The molecule has 0 spiro atoms. The standard InChI is InChI=1S/C16H22FNO3/c1-15(2,3)21-14(20)18-12-4-5-13(17)11(8-12)9-16(10-19)6-7-16/h4-5,8,19H,6-7,9-10H2,1-3H3,(H,18,20). The molecule has 0 heterocycles. The summed E-state index contributed by atoms with van der Waals surface area (Å²) in [6, 6.07) is 4.44. The third kappa shape index (κ3) is 4.43. The van der Waals surface area contributed by atoms with Gasteiger partial charge in [0.1, 0.15) is 11.4 Å². The van der Waals surface area contributed by atoms with E-state index >= 15 is 0 Å². The van der Waals surface area contributed by atoms with Gasteiger partial charge in [-0.3, -0.25) is 5.32 Å². The normalized spacial score (nSPS) is 16.4. The minimum absolute atomic E-state index is 0.0656. The molecule has 1 aromatic rings. The topological polar surface area (TPSA) is 58.6 Å². The molecule has 1 aliphatic rings. The summed E-state index contributed by atoms with van der Waals surface area (Å²) >= 11 is 0. The average molecular weight is 295 g/mol. The number of carbonyl (C=O) groups excluding carboxylic acids is 1. The van der Waals surface area contributed by atoms with E-state index in [1.807, 2.05) is 0 Å². The maximum Gasteiger partial charge on any atom is 0.412 e. The molecule has 1 saturated carbocycles. The zero-order valence-corrected chi connectivity index (χ0v) is 12.7. The van der Waals surface area contributed by atoms with Gasteiger partial charge in [-0.25, -0.2) is 9.18 Å². The maximum absolute atomic E-state index is 13.8. The molecule has 0 radical (unpaired) electrons. The Morgan fingerprint density at radius 1 is 1.43 bits per heavy atom. The molecule has 0 aromatic heterocycles. The first-order valence-corrected chi connectivity index (χ1v) is 7.12. The summed E-state index contributed by atoms with van der Waals surface area (Å²) in [5.41, 5.74) is 0.248. The fraction of sp³-hybridized carbons (Fsp3) is 0.562. The van der Waals surface area contributed by atoms with Crippen molar-refractivity contribution in [3.05, 3.63) is 29.6 Å². The summed E-state index contributed by atoms with van der Waals surface area (Å²) in [5.74, 6) is -0.315. The SMILES string of the molecule is CC(C)(C)OC(=O)Nc1ccc(F)c(CC2(CO)CC2)c1. The Morgan fingerprint density at radius 2 is 2.10 bits per heavy atom. The Bertz CT molecular complexity index is 533. The van der Waals surface area contributed by atoms with Crippen molar-refractivity contribution in [1.29, 1.82) is 0 Å². The average Bonchev–Trinajstić information content (AvgIpc) is 3.11. The number of rotatable bonds is 4. The zero-order valence-electron chi connectivity index (χ0n) is 12.7. The Hall–Kier alpha value is -1.62. The van der Waals surface area contributed by atoms with Crippen molar-refractivity contribution >= 4 is 11.8 Å². The van der Waals surface area contributed by atoms with Gasteiger partial charge in [0.2, 0.25) is 0 Å². The number of hydrogen-bond acceptors (Lipinski definition) is 3. The molecule has 116 valence electrons. The number of anilines is 1. The first-order chi connectivity index (χ1) is 9.73. The Labute approximate surface area is 124 Å². The number of hydrogen-bond donors (Lipinski definition) is 2. The van der Waals surface area contributed by atoms with Gasteiger partial charge in [0.25, 0.3) is 0 Å². The number of ether oxygens (including phenoxy) is 1. The van der Waals surface area contributed by atoms with Gasteiger partial charge in [-0.05, 0) is 69.2 Å². The van der Waals surface area contributed by atoms with Gasteiger partial charge >= 0.3 is 6.09 Å². The molecule has 0 saturated heterocycles. The number of carbonyl (C=O) groups is 1. The molecule has 21 heavy (non-hydrogen) atoms. The van der Waals surface area contributed by atoms with Crippen molar-refractivity contribution in [3.63, 3.8) is 0 Å². The van der Waals surface area contributed by atoms with Crippen molar-refractivity contribution in [2.24, 2.45) is 5.41 Å². The smallest absolute Gasteiger partial charge is 0.412 e. The predicted octanol–water partition coefficient (Wildman–Crippen LogP) is 3.49. The van der Waals surface area contributed by atoms with Crippen molar-refractivity contribution in [3.8, 4) is 0 Å². The third-order valence-corrected chi connectivity index (χ3v) is 3.55. The van der Waals surface area contributed by atoms with Gasteiger partial charge in [0, 0.05) is 12.3 Å². The van der Waals surface area contributed by atoms with Crippen molar-refractivity contribution in [2.75, 3.05) is 11.9 Å². The van der Waals surface area contributed by atoms with Crippen LogP contribution in [0.3, 0.4) is 0 Å². The zero-order chi connectivity index (χ0) is 15.7. The summed E-state index contributed by atoms with van der Waals surface area (Å²) < 4.78 is 19.0. The Kier molecular flexibility index (Phi) is 4.23. The first-order valence-electron chi connectivity index (χ1n) is 7.12. The van der Waals surface area contributed by atoms with Crippen molar-refractivity contribution < 1.29 is 19.0 Å². The predicted molar refractivity (Wildman–Crippen MR) is 78.7 cm³/mol. The molecule has 1 amide bonds. The summed E-state index contributed by atoms with van der Waals surface area (Å²) in [4.78, 5) is 11.7. The molecule has 4 nitrogen and oxygen atoms in total. The van der Waals surface area contributed by atoms with Crippen LogP contribution in [-0.4, -0.2) is 23.4 Å². The molecule has 5 heteroatoms. The minimum atomic E-state index is -0.581. The van der Waals surface area contributed by atoms with E-state index in [1.165, 1.54) is 12.1 Å². The summed E-state index contributed by atoms with van der Waals surface area (Å²) in [7, 11) is 0. The first kappa shape index (κ1) is 15.8. The quantitative estimate of drug-likeness (QED) is 0.894. The van der Waals surface area contributed by atoms with Gasteiger partial charge in [-0.1, -0.05) is 0 Å². The van der Waals surface area contributed by atoms with E-state index in [0.29, 0.717) is 17.7 Å². The maximum atomic E-state index is 13.8. The molecule has 1 aliphatic carbocycles. The summed E-state index contributed by atoms with van der Waals surface area (Å²) in [6.45, 7) is 5.40. The monoisotopic (exact) mass is 295 g/mol. The number of aliphatic hydroxyl groups excluding tert-OH is 1. The highest BCUT2D eigenvalue weighted by atomic mass is 19.1. The second kappa shape index (κ2) is 5.64. The van der Waals surface area contributed by atoms with E-state index in [1.54, 1.807) is 26.8 Å². The van der Waals surface area contributed by atoms with Gasteiger partial charge < -0.3 is 9.84 Å². The van der Waals surface area contributed by atoms with Crippen LogP contribution in [0.2, 0.25) is 0 Å². The Morgan fingerprint density at radius 3 is 2.62 bits per heavy atom. The van der Waals surface area contributed by atoms with Crippen LogP contribution in [0.15, 0.2) is 18.2 Å². The van der Waals surface area contributed by atoms with Crippen LogP contribution in [0.5, 0.6) is 0 Å². The lowest BCUT2D eigenvalue weighted by Gasteiger charge is -2.20. The van der Waals surface area contributed by atoms with E-state index in [-0.39, 0.29) is 17.8 Å². The lowest BCUT2D eigenvalue weighted by atomic mass is 9.96. The van der Waals surface area contributed by atoms with Gasteiger partial charge in [-0.2, -0.15) is 0 Å². The molecule has 1 aromatic carbocycles. The molecule has 0 unspecified atom stereocenters. The molecule has 0 atom stereocenters. The molecular weight excluding hydrogens is 273 g/mol. The van der Waals surface area contributed by atoms with Crippen LogP contribution >= 0.6 is 0 Å². The van der Waals surface area contributed by atoms with E-state index in [4.69, 9.17) is 4.74 Å². The van der Waals surface area contributed by atoms with Crippen LogP contribution in [0.1, 0.15) is 39.2 Å². The van der Waals surface area contributed by atoms with Crippen LogP contribution < -0.4 is 5.32 Å². The van der Waals surface area contributed by atoms with E-state index in [9.17, 15) is 14.3 Å². The number of nitrogens with one attached hydrogen (secondary N) is 1. The second-order valence-electron chi connectivity index (χ2n) is 6.77. The molecule has 1 fully saturated rings. The van der Waals surface area contributed by atoms with E-state index in [2.05, 4.69) is 5.32 Å². The fourth-order valence-electron chi connectivity index (χ4n) is 2.18. The minimum Gasteiger partial charge on any atom is -0.444 e. The number of benzene rings is 1. The van der Waals surface area contributed by atoms with Crippen LogP contribution in [-0.2, 0) is 11.2 Å². The number of amides is 1. The van der Waals surface area contributed by atoms with Gasteiger partial charge in [0.05, 0.1) is 0 Å². The van der Waals surface area contributed by atoms with Crippen LogP contribution in [0.25, 0.3) is 0 Å². The lowest BCUT2D eigenvalue weighted by Crippen LogP contribution is -2.27. The lowest BCUT2D eigenvalue weighted by molar-refractivity contribution is 0.0636. The van der Waals surface area contributed by atoms with E-state index < -0.39 is 11.7 Å². The van der Waals surface area contributed by atoms with Crippen LogP contribution in [0, 0.1) is 11.2 Å².